The molecule has 1 atom stereocenters. The highest BCUT2D eigenvalue weighted by Gasteiger charge is 2.19. The van der Waals surface area contributed by atoms with E-state index in [2.05, 4.69) is 29.4 Å². The molecule has 3 rings (SSSR count). The van der Waals surface area contributed by atoms with Crippen molar-refractivity contribution >= 4 is 5.91 Å². The first kappa shape index (κ1) is 18.8. The topological polar surface area (TPSA) is 73.0 Å². The predicted octanol–water partition coefficient (Wildman–Crippen LogP) is 4.00. The van der Waals surface area contributed by atoms with Crippen molar-refractivity contribution in [3.8, 4) is 5.69 Å². The van der Waals surface area contributed by atoms with E-state index >= 15 is 0 Å². The van der Waals surface area contributed by atoms with E-state index in [0.29, 0.717) is 17.4 Å². The minimum atomic E-state index is -0.325. The first-order valence-corrected chi connectivity index (χ1v) is 8.92. The van der Waals surface area contributed by atoms with Gasteiger partial charge in [-0.3, -0.25) is 4.79 Å². The zero-order chi connectivity index (χ0) is 19.6. The lowest BCUT2D eigenvalue weighted by atomic mass is 10.1. The number of carbonyl (C=O) groups is 1. The lowest BCUT2D eigenvalue weighted by Crippen LogP contribution is -2.27. The van der Waals surface area contributed by atoms with Crippen LogP contribution in [0, 0.1) is 18.7 Å². The fourth-order valence-corrected chi connectivity index (χ4v) is 2.98. The van der Waals surface area contributed by atoms with Crippen LogP contribution in [-0.4, -0.2) is 20.8 Å². The molecule has 2 aromatic heterocycles. The predicted molar refractivity (Wildman–Crippen MR) is 99.2 cm³/mol. The van der Waals surface area contributed by atoms with Gasteiger partial charge in [0.1, 0.15) is 11.6 Å². The van der Waals surface area contributed by atoms with Crippen molar-refractivity contribution in [1.29, 1.82) is 0 Å². The number of hydrogen-bond acceptors (Lipinski definition) is 4. The Hall–Kier alpha value is -2.96. The molecule has 1 unspecified atom stereocenters. The molecule has 0 radical (unpaired) electrons. The summed E-state index contributed by atoms with van der Waals surface area (Å²) in [5, 5.41) is 11.1. The zero-order valence-electron chi connectivity index (χ0n) is 15.9. The summed E-state index contributed by atoms with van der Waals surface area (Å²) in [7, 11) is 0. The molecule has 0 bridgehead atoms. The van der Waals surface area contributed by atoms with Gasteiger partial charge in [0.2, 0.25) is 0 Å². The van der Waals surface area contributed by atoms with Crippen molar-refractivity contribution < 1.29 is 13.7 Å². The van der Waals surface area contributed by atoms with Crippen LogP contribution in [-0.2, 0) is 6.42 Å². The second kappa shape index (κ2) is 7.73. The largest absolute Gasteiger partial charge is 0.361 e. The number of hydrogen-bond donors (Lipinski definition) is 1. The van der Waals surface area contributed by atoms with Crippen molar-refractivity contribution in [2.24, 2.45) is 5.92 Å². The van der Waals surface area contributed by atoms with Crippen molar-refractivity contribution in [3.05, 3.63) is 65.1 Å². The molecule has 0 aliphatic rings. The Balaban J connectivity index is 1.74. The number of rotatable bonds is 6. The number of aromatic nitrogens is 3. The SMILES string of the molecule is Cc1c(C(C)NC(=O)c2cc(CC(C)C)on2)cnn1-c1cccc(F)c1. The molecule has 0 aliphatic carbocycles. The minimum Gasteiger partial charge on any atom is -0.361 e. The Morgan fingerprint density at radius 1 is 1.30 bits per heavy atom. The van der Waals surface area contributed by atoms with E-state index in [1.54, 1.807) is 29.1 Å². The highest BCUT2D eigenvalue weighted by atomic mass is 19.1. The highest BCUT2D eigenvalue weighted by Crippen LogP contribution is 2.21. The molecular weight excluding hydrogens is 347 g/mol. The molecule has 0 spiro atoms. The quantitative estimate of drug-likeness (QED) is 0.712. The maximum absolute atomic E-state index is 13.5. The number of amides is 1. The van der Waals surface area contributed by atoms with Crippen LogP contribution >= 0.6 is 0 Å². The fourth-order valence-electron chi connectivity index (χ4n) is 2.98. The van der Waals surface area contributed by atoms with Crippen molar-refractivity contribution in [2.45, 2.75) is 40.2 Å². The summed E-state index contributed by atoms with van der Waals surface area (Å²) >= 11 is 0. The monoisotopic (exact) mass is 370 g/mol. The highest BCUT2D eigenvalue weighted by molar-refractivity contribution is 5.92. The van der Waals surface area contributed by atoms with E-state index in [1.165, 1.54) is 12.1 Å². The fraction of sp³-hybridized carbons (Fsp3) is 0.350. The van der Waals surface area contributed by atoms with Gasteiger partial charge in [-0.05, 0) is 38.0 Å². The van der Waals surface area contributed by atoms with Crippen molar-refractivity contribution in [3.63, 3.8) is 0 Å². The summed E-state index contributed by atoms with van der Waals surface area (Å²) in [6.45, 7) is 7.90. The molecule has 0 fully saturated rings. The van der Waals surface area contributed by atoms with E-state index in [-0.39, 0.29) is 23.5 Å². The van der Waals surface area contributed by atoms with Gasteiger partial charge < -0.3 is 9.84 Å². The second-order valence-corrected chi connectivity index (χ2v) is 7.05. The Morgan fingerprint density at radius 3 is 2.78 bits per heavy atom. The van der Waals surface area contributed by atoms with Crippen LogP contribution in [0.5, 0.6) is 0 Å². The first-order chi connectivity index (χ1) is 12.8. The van der Waals surface area contributed by atoms with Crippen LogP contribution in [0.25, 0.3) is 5.69 Å². The first-order valence-electron chi connectivity index (χ1n) is 8.92. The van der Waals surface area contributed by atoms with E-state index < -0.39 is 0 Å². The Bertz CT molecular complexity index is 945. The van der Waals surface area contributed by atoms with Crippen LogP contribution in [0.2, 0.25) is 0 Å². The lowest BCUT2D eigenvalue weighted by Gasteiger charge is -2.13. The van der Waals surface area contributed by atoms with Gasteiger partial charge in [-0.15, -0.1) is 0 Å². The van der Waals surface area contributed by atoms with E-state index in [1.807, 2.05) is 13.8 Å². The van der Waals surface area contributed by atoms with Gasteiger partial charge >= 0.3 is 0 Å². The summed E-state index contributed by atoms with van der Waals surface area (Å²) in [4.78, 5) is 12.4. The van der Waals surface area contributed by atoms with Crippen LogP contribution < -0.4 is 5.32 Å². The summed E-state index contributed by atoms with van der Waals surface area (Å²) in [6.07, 6.45) is 2.41. The van der Waals surface area contributed by atoms with Gasteiger partial charge in [0.25, 0.3) is 5.91 Å². The van der Waals surface area contributed by atoms with Crippen LogP contribution in [0.4, 0.5) is 4.39 Å². The number of benzene rings is 1. The van der Waals surface area contributed by atoms with Crippen LogP contribution in [0.3, 0.4) is 0 Å². The van der Waals surface area contributed by atoms with Gasteiger partial charge in [0.15, 0.2) is 5.69 Å². The van der Waals surface area contributed by atoms with Gasteiger partial charge in [-0.2, -0.15) is 5.10 Å². The Labute approximate surface area is 157 Å². The molecule has 6 nitrogen and oxygen atoms in total. The number of nitrogens with zero attached hydrogens (tertiary/aromatic N) is 3. The van der Waals surface area contributed by atoms with Crippen LogP contribution in [0.15, 0.2) is 41.1 Å². The average molecular weight is 370 g/mol. The Kier molecular flexibility index (Phi) is 5.39. The second-order valence-electron chi connectivity index (χ2n) is 7.05. The van der Waals surface area contributed by atoms with Gasteiger partial charge in [-0.25, -0.2) is 9.07 Å². The van der Waals surface area contributed by atoms with E-state index in [0.717, 1.165) is 17.7 Å². The summed E-state index contributed by atoms with van der Waals surface area (Å²) in [5.41, 5.74) is 2.56. The molecule has 1 aromatic carbocycles. The maximum Gasteiger partial charge on any atom is 0.273 e. The molecule has 27 heavy (non-hydrogen) atoms. The van der Waals surface area contributed by atoms with Crippen LogP contribution in [0.1, 0.15) is 54.3 Å². The molecule has 1 amide bonds. The molecule has 3 aromatic rings. The molecule has 1 N–H and O–H groups in total. The smallest absolute Gasteiger partial charge is 0.273 e. The van der Waals surface area contributed by atoms with Crippen molar-refractivity contribution in [2.75, 3.05) is 0 Å². The molecule has 2 heterocycles. The third kappa shape index (κ3) is 4.24. The van der Waals surface area contributed by atoms with Crippen molar-refractivity contribution in [1.82, 2.24) is 20.3 Å². The maximum atomic E-state index is 13.5. The molecule has 0 aliphatic heterocycles. The number of carbonyl (C=O) groups excluding carboxylic acids is 1. The Morgan fingerprint density at radius 2 is 2.07 bits per heavy atom. The molecule has 142 valence electrons. The van der Waals surface area contributed by atoms with E-state index in [4.69, 9.17) is 4.52 Å². The third-order valence-corrected chi connectivity index (χ3v) is 4.32. The average Bonchev–Trinajstić information content (AvgIpc) is 3.21. The van der Waals surface area contributed by atoms with Gasteiger partial charge in [0.05, 0.1) is 17.9 Å². The molecular formula is C20H23FN4O2. The molecule has 0 saturated carbocycles. The normalized spacial score (nSPS) is 12.4. The third-order valence-electron chi connectivity index (χ3n) is 4.32. The minimum absolute atomic E-state index is 0.257. The summed E-state index contributed by atoms with van der Waals surface area (Å²) in [6, 6.07) is 7.60. The standard InChI is InChI=1S/C20H23FN4O2/c1-12(2)8-17-10-19(24-27-17)20(26)23-13(3)18-11-22-25(14(18)4)16-7-5-6-15(21)9-16/h5-7,9-13H,8H2,1-4H3,(H,23,26). The number of nitrogens with one attached hydrogen (secondary N) is 1. The summed E-state index contributed by atoms with van der Waals surface area (Å²) < 4.78 is 20.3. The lowest BCUT2D eigenvalue weighted by molar-refractivity contribution is 0.0930. The molecule has 7 heteroatoms. The zero-order valence-corrected chi connectivity index (χ0v) is 15.9. The van der Waals surface area contributed by atoms with Gasteiger partial charge in [-0.1, -0.05) is 25.1 Å². The molecule has 0 saturated heterocycles. The summed E-state index contributed by atoms with van der Waals surface area (Å²) in [5.74, 6) is 0.481. The van der Waals surface area contributed by atoms with Gasteiger partial charge in [0, 0.05) is 23.7 Å². The number of halogens is 1. The van der Waals surface area contributed by atoms with E-state index in [9.17, 15) is 9.18 Å².